The molecule has 0 radical (unpaired) electrons. The maximum absolute atomic E-state index is 12.6. The van der Waals surface area contributed by atoms with Crippen LogP contribution in [0.1, 0.15) is 6.42 Å². The van der Waals surface area contributed by atoms with Crippen LogP contribution in [0.5, 0.6) is 0 Å². The van der Waals surface area contributed by atoms with Crippen LogP contribution in [0.2, 0.25) is 0 Å². The van der Waals surface area contributed by atoms with E-state index in [2.05, 4.69) is 10.6 Å². The van der Waals surface area contributed by atoms with E-state index in [4.69, 9.17) is 47.0 Å². The Labute approximate surface area is 258 Å². The molecule has 21 heteroatoms. The standard InChI is InChI=1S/C24H49N7O14/c25-1-2-31(41)24(40)30-10-3-9(27)20(19(39)21(10)45-22-16(36)13(28)14(34)12(7-33)43-22)44-23-18(38)17(37)15(35)11(42-23)5-29-4-8(26)6-32/h8-23,29,32-39,41H,1-7,25-28H2,(H,30,40). The molecule has 16 atom stereocenters. The third-order valence-electron chi connectivity index (χ3n) is 8.08. The quantitative estimate of drug-likeness (QED) is 0.0644. The van der Waals surface area contributed by atoms with Crippen molar-refractivity contribution in [2.24, 2.45) is 22.9 Å². The summed E-state index contributed by atoms with van der Waals surface area (Å²) in [4.78, 5) is 12.6. The number of nitrogens with zero attached hydrogens (tertiary/aromatic N) is 1. The van der Waals surface area contributed by atoms with Gasteiger partial charge >= 0.3 is 6.03 Å². The minimum absolute atomic E-state index is 0.0763. The molecule has 2 amide bonds. The van der Waals surface area contributed by atoms with Crippen molar-refractivity contribution in [1.29, 1.82) is 0 Å². The minimum Gasteiger partial charge on any atom is -0.395 e. The molecule has 0 spiro atoms. The number of ether oxygens (including phenoxy) is 4. The predicted octanol–water partition coefficient (Wildman–Crippen LogP) is -8.94. The highest BCUT2D eigenvalue weighted by molar-refractivity contribution is 5.73. The molecule has 0 aromatic rings. The molecule has 1 saturated carbocycles. The van der Waals surface area contributed by atoms with E-state index in [0.29, 0.717) is 0 Å². The largest absolute Gasteiger partial charge is 0.395 e. The molecule has 16 unspecified atom stereocenters. The molecule has 0 aromatic heterocycles. The number of carbonyl (C=O) groups is 1. The van der Waals surface area contributed by atoms with Crippen LogP contribution in [0.3, 0.4) is 0 Å². The Morgan fingerprint density at radius 1 is 0.889 bits per heavy atom. The Bertz CT molecular complexity index is 916. The van der Waals surface area contributed by atoms with Gasteiger partial charge in [-0.25, -0.2) is 9.86 Å². The van der Waals surface area contributed by atoms with Crippen molar-refractivity contribution < 1.29 is 69.8 Å². The molecule has 3 fully saturated rings. The number of aliphatic hydroxyl groups is 8. The van der Waals surface area contributed by atoms with Crippen LogP contribution in [-0.4, -0.2) is 194 Å². The summed E-state index contributed by atoms with van der Waals surface area (Å²) >= 11 is 0. The topological polar surface area (TPSA) is 367 Å². The average molecular weight is 660 g/mol. The third-order valence-corrected chi connectivity index (χ3v) is 8.08. The second-order valence-electron chi connectivity index (χ2n) is 11.5. The summed E-state index contributed by atoms with van der Waals surface area (Å²) in [5, 5.41) is 98.1. The summed E-state index contributed by atoms with van der Waals surface area (Å²) in [6.07, 6.45) is -18.8. The Morgan fingerprint density at radius 2 is 1.51 bits per heavy atom. The van der Waals surface area contributed by atoms with Gasteiger partial charge in [0.25, 0.3) is 0 Å². The summed E-state index contributed by atoms with van der Waals surface area (Å²) < 4.78 is 22.9. The minimum atomic E-state index is -1.81. The summed E-state index contributed by atoms with van der Waals surface area (Å²) in [6.45, 7) is -1.27. The number of aliphatic hydroxyl groups excluding tert-OH is 8. The van der Waals surface area contributed by atoms with Gasteiger partial charge in [0.15, 0.2) is 12.6 Å². The van der Waals surface area contributed by atoms with Gasteiger partial charge in [0.05, 0.1) is 31.8 Å². The molecule has 2 aliphatic heterocycles. The lowest BCUT2D eigenvalue weighted by molar-refractivity contribution is -0.333. The van der Waals surface area contributed by atoms with Crippen molar-refractivity contribution in [3.8, 4) is 0 Å². The molecule has 0 aromatic carbocycles. The monoisotopic (exact) mass is 659 g/mol. The molecule has 0 bridgehead atoms. The summed E-state index contributed by atoms with van der Waals surface area (Å²) in [7, 11) is 0. The van der Waals surface area contributed by atoms with Crippen LogP contribution in [0.25, 0.3) is 0 Å². The van der Waals surface area contributed by atoms with E-state index in [-0.39, 0.29) is 44.3 Å². The van der Waals surface area contributed by atoms with Crippen molar-refractivity contribution in [2.75, 3.05) is 39.4 Å². The fourth-order valence-corrected chi connectivity index (χ4v) is 5.41. The molecule has 3 aliphatic rings. The molecule has 264 valence electrons. The normalized spacial score (nSPS) is 43.1. The predicted molar refractivity (Wildman–Crippen MR) is 149 cm³/mol. The lowest BCUT2D eigenvalue weighted by atomic mass is 9.83. The van der Waals surface area contributed by atoms with E-state index < -0.39 is 110 Å². The number of rotatable bonds is 13. The SMILES string of the molecule is NCCN(O)C(=O)NC1CC(N)C(OC2OC(CNCC(N)CO)C(O)C(O)C2O)C(O)C1OC1OC(CO)C(O)C(N)C1O. The van der Waals surface area contributed by atoms with Crippen LogP contribution in [-0.2, 0) is 18.9 Å². The molecular formula is C24H49N7O14. The summed E-state index contributed by atoms with van der Waals surface area (Å²) in [6, 6.07) is -5.24. The molecule has 21 nitrogen and oxygen atoms in total. The van der Waals surface area contributed by atoms with Crippen molar-refractivity contribution >= 4 is 6.03 Å². The van der Waals surface area contributed by atoms with E-state index >= 15 is 0 Å². The summed E-state index contributed by atoms with van der Waals surface area (Å²) in [5.74, 6) is 0. The zero-order chi connectivity index (χ0) is 33.6. The Kier molecular flexibility index (Phi) is 14.4. The fourth-order valence-electron chi connectivity index (χ4n) is 5.41. The maximum Gasteiger partial charge on any atom is 0.341 e. The number of nitrogens with two attached hydrogens (primary N) is 4. The van der Waals surface area contributed by atoms with Gasteiger partial charge in [-0.05, 0) is 6.42 Å². The van der Waals surface area contributed by atoms with Crippen molar-refractivity contribution in [3.05, 3.63) is 0 Å². The van der Waals surface area contributed by atoms with Crippen molar-refractivity contribution in [2.45, 2.75) is 104 Å². The second-order valence-corrected chi connectivity index (χ2v) is 11.5. The van der Waals surface area contributed by atoms with Gasteiger partial charge in [0, 0.05) is 31.7 Å². The molecule has 1 aliphatic carbocycles. The lowest BCUT2D eigenvalue weighted by Gasteiger charge is -2.49. The molecule has 2 saturated heterocycles. The van der Waals surface area contributed by atoms with Crippen molar-refractivity contribution in [1.82, 2.24) is 15.7 Å². The van der Waals surface area contributed by atoms with Gasteiger partial charge in [-0.3, -0.25) is 5.21 Å². The molecular weight excluding hydrogens is 610 g/mol. The summed E-state index contributed by atoms with van der Waals surface area (Å²) in [5.41, 5.74) is 23.2. The first-order chi connectivity index (χ1) is 21.2. The highest BCUT2D eigenvalue weighted by atomic mass is 16.7. The Hall–Kier alpha value is -1.45. The van der Waals surface area contributed by atoms with Gasteiger partial charge in [0.1, 0.15) is 61.0 Å². The van der Waals surface area contributed by atoms with Gasteiger partial charge in [-0.2, -0.15) is 0 Å². The van der Waals surface area contributed by atoms with Gasteiger partial charge < -0.3 is 93.4 Å². The highest BCUT2D eigenvalue weighted by Crippen LogP contribution is 2.32. The van der Waals surface area contributed by atoms with Gasteiger partial charge in [-0.15, -0.1) is 0 Å². The van der Waals surface area contributed by atoms with Gasteiger partial charge in [0.2, 0.25) is 0 Å². The van der Waals surface area contributed by atoms with E-state index in [1.807, 2.05) is 0 Å². The zero-order valence-electron chi connectivity index (χ0n) is 24.5. The van der Waals surface area contributed by atoms with Crippen LogP contribution in [0, 0.1) is 0 Å². The molecule has 3 rings (SSSR count). The van der Waals surface area contributed by atoms with E-state index in [9.17, 15) is 45.7 Å². The van der Waals surface area contributed by atoms with Crippen molar-refractivity contribution in [3.63, 3.8) is 0 Å². The number of hydroxylamine groups is 2. The second kappa shape index (κ2) is 17.1. The van der Waals surface area contributed by atoms with E-state index in [1.54, 1.807) is 0 Å². The third kappa shape index (κ3) is 9.13. The molecule has 2 heterocycles. The molecule has 19 N–H and O–H groups in total. The number of hydrogen-bond acceptors (Lipinski definition) is 19. The van der Waals surface area contributed by atoms with Crippen LogP contribution >= 0.6 is 0 Å². The number of hydrogen-bond donors (Lipinski definition) is 15. The number of carbonyl (C=O) groups excluding carboxylic acids is 1. The first-order valence-electron chi connectivity index (χ1n) is 14.6. The number of amides is 2. The first-order valence-corrected chi connectivity index (χ1v) is 14.6. The van der Waals surface area contributed by atoms with Crippen LogP contribution in [0.4, 0.5) is 4.79 Å². The van der Waals surface area contributed by atoms with Gasteiger partial charge in [-0.1, -0.05) is 0 Å². The average Bonchev–Trinajstić information content (AvgIpc) is 3.01. The smallest absolute Gasteiger partial charge is 0.341 e. The van der Waals surface area contributed by atoms with Crippen LogP contribution < -0.4 is 33.6 Å². The molecule has 45 heavy (non-hydrogen) atoms. The first kappa shape index (κ1) is 38.0. The number of nitrogens with one attached hydrogen (secondary N) is 2. The Balaban J connectivity index is 1.82. The lowest BCUT2D eigenvalue weighted by Crippen LogP contribution is -2.69. The zero-order valence-corrected chi connectivity index (χ0v) is 24.5. The Morgan fingerprint density at radius 3 is 2.13 bits per heavy atom. The van der Waals surface area contributed by atoms with E-state index in [0.717, 1.165) is 0 Å². The number of urea groups is 1. The highest BCUT2D eigenvalue weighted by Gasteiger charge is 2.52. The van der Waals surface area contributed by atoms with Crippen LogP contribution in [0.15, 0.2) is 0 Å². The van der Waals surface area contributed by atoms with E-state index in [1.165, 1.54) is 0 Å². The maximum atomic E-state index is 12.6. The fraction of sp³-hybridized carbons (Fsp3) is 0.958.